The smallest absolute Gasteiger partial charge is 0.216 e. The standard InChI is InChI=1S/C13H16N4O5/c1-21-10-2-7(15-5-16-10)8-3-14-6-17(8)13-12(20)11(19)9(4-18)22-13/h2-3,5-6,9,11-13,18-20H,4H2,1H3/t9-,11+,12?,13-/m1/s1. The highest BCUT2D eigenvalue weighted by atomic mass is 16.6. The molecule has 9 heteroatoms. The van der Waals surface area contributed by atoms with Crippen LogP contribution in [0.15, 0.2) is 24.9 Å². The van der Waals surface area contributed by atoms with Gasteiger partial charge in [0.1, 0.15) is 24.6 Å². The summed E-state index contributed by atoms with van der Waals surface area (Å²) in [4.78, 5) is 12.1. The second-order valence-electron chi connectivity index (χ2n) is 4.86. The zero-order valence-corrected chi connectivity index (χ0v) is 11.8. The van der Waals surface area contributed by atoms with Crippen molar-refractivity contribution in [3.05, 3.63) is 24.9 Å². The maximum absolute atomic E-state index is 10.1. The van der Waals surface area contributed by atoms with E-state index in [4.69, 9.17) is 14.6 Å². The second-order valence-corrected chi connectivity index (χ2v) is 4.86. The van der Waals surface area contributed by atoms with Crippen molar-refractivity contribution in [1.82, 2.24) is 19.5 Å². The summed E-state index contributed by atoms with van der Waals surface area (Å²) in [5.41, 5.74) is 1.10. The molecule has 0 saturated carbocycles. The van der Waals surface area contributed by atoms with Crippen LogP contribution in [0.1, 0.15) is 6.23 Å². The number of aromatic nitrogens is 4. The van der Waals surface area contributed by atoms with Gasteiger partial charge in [-0.25, -0.2) is 15.0 Å². The van der Waals surface area contributed by atoms with E-state index in [1.54, 1.807) is 16.8 Å². The molecule has 0 spiro atoms. The van der Waals surface area contributed by atoms with Crippen molar-refractivity contribution in [2.45, 2.75) is 24.5 Å². The Morgan fingerprint density at radius 1 is 1.32 bits per heavy atom. The van der Waals surface area contributed by atoms with Gasteiger partial charge in [0.05, 0.1) is 37.6 Å². The molecule has 1 saturated heterocycles. The fourth-order valence-electron chi connectivity index (χ4n) is 2.41. The van der Waals surface area contributed by atoms with Gasteiger partial charge in [-0.3, -0.25) is 4.57 Å². The van der Waals surface area contributed by atoms with E-state index >= 15 is 0 Å². The van der Waals surface area contributed by atoms with Gasteiger partial charge in [0, 0.05) is 6.07 Å². The van der Waals surface area contributed by atoms with Gasteiger partial charge in [-0.1, -0.05) is 0 Å². The highest BCUT2D eigenvalue weighted by Gasteiger charge is 2.43. The van der Waals surface area contributed by atoms with Crippen molar-refractivity contribution >= 4 is 0 Å². The van der Waals surface area contributed by atoms with E-state index in [1.807, 2.05) is 0 Å². The molecule has 3 rings (SSSR count). The summed E-state index contributed by atoms with van der Waals surface area (Å²) in [5, 5.41) is 29.1. The number of aliphatic hydroxyl groups excluding tert-OH is 3. The minimum Gasteiger partial charge on any atom is -0.481 e. The van der Waals surface area contributed by atoms with Gasteiger partial charge in [0.15, 0.2) is 6.23 Å². The van der Waals surface area contributed by atoms with Gasteiger partial charge in [-0.2, -0.15) is 0 Å². The summed E-state index contributed by atoms with van der Waals surface area (Å²) in [6.45, 7) is -0.389. The summed E-state index contributed by atoms with van der Waals surface area (Å²) in [6, 6.07) is 1.62. The quantitative estimate of drug-likeness (QED) is 0.654. The molecule has 9 nitrogen and oxygen atoms in total. The van der Waals surface area contributed by atoms with Crippen molar-refractivity contribution in [2.24, 2.45) is 0 Å². The maximum Gasteiger partial charge on any atom is 0.216 e. The highest BCUT2D eigenvalue weighted by Crippen LogP contribution is 2.32. The minimum absolute atomic E-state index is 0.388. The molecule has 0 aliphatic carbocycles. The van der Waals surface area contributed by atoms with Gasteiger partial charge in [-0.15, -0.1) is 0 Å². The molecule has 2 aromatic rings. The Kier molecular flexibility index (Phi) is 4.03. The first kappa shape index (κ1) is 14.9. The third-order valence-electron chi connectivity index (χ3n) is 3.57. The lowest BCUT2D eigenvalue weighted by Crippen LogP contribution is -2.33. The van der Waals surface area contributed by atoms with Crippen molar-refractivity contribution in [1.29, 1.82) is 0 Å². The molecule has 1 aliphatic heterocycles. The number of imidazole rings is 1. The summed E-state index contributed by atoms with van der Waals surface area (Å²) in [7, 11) is 1.50. The van der Waals surface area contributed by atoms with Crippen LogP contribution in [0.4, 0.5) is 0 Å². The Morgan fingerprint density at radius 3 is 2.82 bits per heavy atom. The SMILES string of the molecule is COc1cc(-c2cncn2[C@@H]2O[C@H](CO)[C@H](O)C2O)ncn1. The minimum atomic E-state index is -1.19. The zero-order valence-electron chi connectivity index (χ0n) is 11.8. The van der Waals surface area contributed by atoms with E-state index in [-0.39, 0.29) is 6.61 Å². The number of rotatable bonds is 4. The molecule has 3 heterocycles. The zero-order chi connectivity index (χ0) is 15.7. The molecule has 0 bridgehead atoms. The number of nitrogens with zero attached hydrogens (tertiary/aromatic N) is 4. The molecule has 3 N–H and O–H groups in total. The van der Waals surface area contributed by atoms with E-state index < -0.39 is 24.5 Å². The van der Waals surface area contributed by atoms with Crippen molar-refractivity contribution < 1.29 is 24.8 Å². The van der Waals surface area contributed by atoms with E-state index in [2.05, 4.69) is 15.0 Å². The first-order valence-electron chi connectivity index (χ1n) is 6.66. The molecule has 0 amide bonds. The lowest BCUT2D eigenvalue weighted by molar-refractivity contribution is -0.0520. The molecular formula is C13H16N4O5. The normalized spacial score (nSPS) is 28.0. The van der Waals surface area contributed by atoms with Crippen LogP contribution in [0.25, 0.3) is 11.4 Å². The van der Waals surface area contributed by atoms with Gasteiger partial charge in [0.25, 0.3) is 0 Å². The molecule has 118 valence electrons. The molecule has 4 atom stereocenters. The average Bonchev–Trinajstić information content (AvgIpc) is 3.13. The first-order valence-corrected chi connectivity index (χ1v) is 6.66. The molecule has 2 aromatic heterocycles. The second kappa shape index (κ2) is 5.97. The average molecular weight is 308 g/mol. The lowest BCUT2D eigenvalue weighted by Gasteiger charge is -2.18. The fraction of sp³-hybridized carbons (Fsp3) is 0.462. The van der Waals surface area contributed by atoms with Crippen LogP contribution in [0, 0.1) is 0 Å². The number of ether oxygens (including phenoxy) is 2. The van der Waals surface area contributed by atoms with Crippen LogP contribution in [-0.4, -0.2) is 66.9 Å². The number of methoxy groups -OCH3 is 1. The summed E-state index contributed by atoms with van der Waals surface area (Å²) >= 11 is 0. The molecule has 22 heavy (non-hydrogen) atoms. The van der Waals surface area contributed by atoms with Gasteiger partial charge >= 0.3 is 0 Å². The van der Waals surface area contributed by atoms with Crippen molar-refractivity contribution in [3.63, 3.8) is 0 Å². The first-order chi connectivity index (χ1) is 10.7. The maximum atomic E-state index is 10.1. The lowest BCUT2D eigenvalue weighted by atomic mass is 10.1. The van der Waals surface area contributed by atoms with Gasteiger partial charge in [0.2, 0.25) is 5.88 Å². The van der Waals surface area contributed by atoms with Gasteiger partial charge < -0.3 is 24.8 Å². The van der Waals surface area contributed by atoms with Crippen molar-refractivity contribution in [2.75, 3.05) is 13.7 Å². The Labute approximate surface area is 125 Å². The highest BCUT2D eigenvalue weighted by molar-refractivity contribution is 5.54. The molecule has 1 unspecified atom stereocenters. The van der Waals surface area contributed by atoms with Crippen molar-refractivity contribution in [3.8, 4) is 17.3 Å². The van der Waals surface area contributed by atoms with E-state index in [1.165, 1.54) is 19.8 Å². The van der Waals surface area contributed by atoms with E-state index in [0.717, 1.165) is 0 Å². The van der Waals surface area contributed by atoms with Crippen LogP contribution in [0.3, 0.4) is 0 Å². The van der Waals surface area contributed by atoms with Crippen LogP contribution >= 0.6 is 0 Å². The Hall–Kier alpha value is -2.07. The predicted molar refractivity (Wildman–Crippen MR) is 72.8 cm³/mol. The Morgan fingerprint density at radius 2 is 2.14 bits per heavy atom. The van der Waals surface area contributed by atoms with Crippen LogP contribution in [0.2, 0.25) is 0 Å². The Balaban J connectivity index is 1.95. The summed E-state index contributed by atoms with van der Waals surface area (Å²) in [6.07, 6.45) is 0.281. The molecule has 0 radical (unpaired) electrons. The monoisotopic (exact) mass is 308 g/mol. The van der Waals surface area contributed by atoms with Crippen LogP contribution in [-0.2, 0) is 4.74 Å². The molecular weight excluding hydrogens is 292 g/mol. The number of hydrogen-bond donors (Lipinski definition) is 3. The molecule has 1 fully saturated rings. The third-order valence-corrected chi connectivity index (χ3v) is 3.57. The largest absolute Gasteiger partial charge is 0.481 e. The van der Waals surface area contributed by atoms with E-state index in [9.17, 15) is 10.2 Å². The summed E-state index contributed by atoms with van der Waals surface area (Å²) in [5.74, 6) is 0.388. The van der Waals surface area contributed by atoms with Gasteiger partial charge in [-0.05, 0) is 0 Å². The fourth-order valence-corrected chi connectivity index (χ4v) is 2.41. The predicted octanol–water partition coefficient (Wildman–Crippen LogP) is -1.04. The Bertz CT molecular complexity index is 649. The van der Waals surface area contributed by atoms with E-state index in [0.29, 0.717) is 17.3 Å². The number of hydrogen-bond acceptors (Lipinski definition) is 8. The molecule has 1 aliphatic rings. The third kappa shape index (κ3) is 2.44. The van der Waals surface area contributed by atoms with Crippen LogP contribution < -0.4 is 4.74 Å². The number of aliphatic hydroxyl groups is 3. The summed E-state index contributed by atoms with van der Waals surface area (Å²) < 4.78 is 12.1. The topological polar surface area (TPSA) is 123 Å². The molecule has 0 aromatic carbocycles. The van der Waals surface area contributed by atoms with Crippen LogP contribution in [0.5, 0.6) is 5.88 Å².